The van der Waals surface area contributed by atoms with Crippen LogP contribution in [-0.4, -0.2) is 43.3 Å². The molecule has 3 rings (SSSR count). The first kappa shape index (κ1) is 20.0. The summed E-state index contributed by atoms with van der Waals surface area (Å²) in [6.07, 6.45) is 4.33. The minimum absolute atomic E-state index is 0.175. The van der Waals surface area contributed by atoms with Crippen LogP contribution in [-0.2, 0) is 4.74 Å². The summed E-state index contributed by atoms with van der Waals surface area (Å²) in [4.78, 5) is 4.94. The lowest BCUT2D eigenvalue weighted by Gasteiger charge is -2.34. The molecule has 0 bridgehead atoms. The normalized spacial score (nSPS) is 18.3. The van der Waals surface area contributed by atoms with Gasteiger partial charge in [0.2, 0.25) is 0 Å². The van der Waals surface area contributed by atoms with Crippen molar-refractivity contribution in [3.05, 3.63) is 48.0 Å². The van der Waals surface area contributed by atoms with Gasteiger partial charge in [0.05, 0.1) is 12.6 Å². The second-order valence-electron chi connectivity index (χ2n) is 7.13. The largest absolute Gasteiger partial charge is 0.381 e. The van der Waals surface area contributed by atoms with Crippen molar-refractivity contribution < 1.29 is 4.74 Å². The Balaban J connectivity index is 1.76. The molecule has 146 valence electrons. The quantitative estimate of drug-likeness (QED) is 0.573. The van der Waals surface area contributed by atoms with Crippen molar-refractivity contribution in [2.45, 2.75) is 37.5 Å². The first-order chi connectivity index (χ1) is 13.2. The molecule has 0 spiro atoms. The van der Waals surface area contributed by atoms with E-state index in [2.05, 4.69) is 73.2 Å². The molecule has 0 saturated carbocycles. The molecule has 1 heterocycles. The molecular weight excluding hydrogens is 354 g/mol. The lowest BCUT2D eigenvalue weighted by atomic mass is 9.99. The molecule has 0 aromatic heterocycles. The first-order valence-corrected chi connectivity index (χ1v) is 11.1. The van der Waals surface area contributed by atoms with Gasteiger partial charge in [-0.15, -0.1) is 0 Å². The Morgan fingerprint density at radius 1 is 1.19 bits per heavy atom. The zero-order valence-corrected chi connectivity index (χ0v) is 17.4. The third-order valence-electron chi connectivity index (χ3n) is 5.35. The molecule has 1 saturated heterocycles. The third-order valence-corrected chi connectivity index (χ3v) is 6.75. The number of fused-ring (bicyclic) bond motifs is 1. The number of nitrogens with zero attached hydrogens (tertiary/aromatic N) is 1. The highest BCUT2D eigenvalue weighted by molar-refractivity contribution is 8.00. The lowest BCUT2D eigenvalue weighted by molar-refractivity contribution is 0.0794. The summed E-state index contributed by atoms with van der Waals surface area (Å²) in [5.41, 5.74) is 1.30. The van der Waals surface area contributed by atoms with Gasteiger partial charge >= 0.3 is 0 Å². The maximum atomic E-state index is 5.55. The van der Waals surface area contributed by atoms with Crippen LogP contribution < -0.4 is 10.6 Å². The maximum absolute atomic E-state index is 5.55. The Morgan fingerprint density at radius 3 is 2.67 bits per heavy atom. The lowest BCUT2D eigenvalue weighted by Crippen LogP contribution is -2.41. The van der Waals surface area contributed by atoms with Crippen LogP contribution >= 0.6 is 11.8 Å². The molecule has 2 aromatic rings. The molecule has 2 aromatic carbocycles. The number of benzene rings is 2. The van der Waals surface area contributed by atoms with Gasteiger partial charge in [0.15, 0.2) is 5.96 Å². The molecule has 1 aliphatic heterocycles. The van der Waals surface area contributed by atoms with E-state index in [1.54, 1.807) is 0 Å². The van der Waals surface area contributed by atoms with Gasteiger partial charge in [-0.2, -0.15) is 11.8 Å². The summed E-state index contributed by atoms with van der Waals surface area (Å²) in [6.45, 7) is 7.66. The fourth-order valence-corrected chi connectivity index (χ4v) is 4.39. The zero-order valence-electron chi connectivity index (χ0n) is 16.6. The van der Waals surface area contributed by atoms with Gasteiger partial charge in [-0.05, 0) is 49.3 Å². The molecule has 1 atom stereocenters. The average molecular weight is 386 g/mol. The molecule has 0 amide bonds. The van der Waals surface area contributed by atoms with Crippen LogP contribution in [0.15, 0.2) is 47.5 Å². The Kier molecular flexibility index (Phi) is 7.02. The van der Waals surface area contributed by atoms with Crippen molar-refractivity contribution in [3.63, 3.8) is 0 Å². The SMILES string of the molecule is CCNC(=NCC1(SC)CCOCC1)NC(C)c1cccc2ccccc12. The van der Waals surface area contributed by atoms with E-state index in [0.717, 1.165) is 45.1 Å². The van der Waals surface area contributed by atoms with E-state index in [-0.39, 0.29) is 10.8 Å². The number of nitrogens with one attached hydrogen (secondary N) is 2. The van der Waals surface area contributed by atoms with Crippen LogP contribution in [0.25, 0.3) is 10.8 Å². The second-order valence-corrected chi connectivity index (χ2v) is 8.40. The predicted molar refractivity (Wildman–Crippen MR) is 118 cm³/mol. The number of ether oxygens (including phenoxy) is 1. The topological polar surface area (TPSA) is 45.7 Å². The Morgan fingerprint density at radius 2 is 1.93 bits per heavy atom. The Labute approximate surface area is 167 Å². The number of aliphatic imine (C=N–C) groups is 1. The zero-order chi connectivity index (χ0) is 19.1. The summed E-state index contributed by atoms with van der Waals surface area (Å²) < 4.78 is 5.75. The highest BCUT2D eigenvalue weighted by Gasteiger charge is 2.31. The van der Waals surface area contributed by atoms with Crippen LogP contribution in [0.1, 0.15) is 38.3 Å². The van der Waals surface area contributed by atoms with E-state index < -0.39 is 0 Å². The fourth-order valence-electron chi connectivity index (χ4n) is 3.62. The summed E-state index contributed by atoms with van der Waals surface area (Å²) in [5.74, 6) is 0.887. The minimum Gasteiger partial charge on any atom is -0.381 e. The molecule has 0 aliphatic carbocycles. The van der Waals surface area contributed by atoms with Gasteiger partial charge in [-0.1, -0.05) is 42.5 Å². The standard InChI is InChI=1S/C22H31N3OS/c1-4-23-21(24-16-22(27-3)12-14-26-15-13-22)25-17(2)19-11-7-9-18-8-5-6-10-20(18)19/h5-11,17H,4,12-16H2,1-3H3,(H2,23,24,25). The van der Waals surface area contributed by atoms with Gasteiger partial charge in [0.25, 0.3) is 0 Å². The van der Waals surface area contributed by atoms with E-state index in [9.17, 15) is 0 Å². The van der Waals surface area contributed by atoms with Gasteiger partial charge in [0, 0.05) is 24.5 Å². The van der Waals surface area contributed by atoms with E-state index in [0.29, 0.717) is 0 Å². The maximum Gasteiger partial charge on any atom is 0.191 e. The predicted octanol–water partition coefficient (Wildman–Crippen LogP) is 4.37. The van der Waals surface area contributed by atoms with E-state index in [1.807, 2.05) is 11.8 Å². The number of guanidine groups is 1. The summed E-state index contributed by atoms with van der Waals surface area (Å²) in [5, 5.41) is 9.58. The van der Waals surface area contributed by atoms with E-state index in [4.69, 9.17) is 9.73 Å². The van der Waals surface area contributed by atoms with Gasteiger partial charge in [0.1, 0.15) is 0 Å². The fraction of sp³-hybridized carbons (Fsp3) is 0.500. The molecule has 2 N–H and O–H groups in total. The molecule has 1 fully saturated rings. The first-order valence-electron chi connectivity index (χ1n) is 9.83. The van der Waals surface area contributed by atoms with Crippen molar-refractivity contribution in [2.75, 3.05) is 32.6 Å². The Hall–Kier alpha value is -1.72. The van der Waals surface area contributed by atoms with Crippen molar-refractivity contribution >= 4 is 28.5 Å². The monoisotopic (exact) mass is 385 g/mol. The van der Waals surface area contributed by atoms with Crippen LogP contribution in [0, 0.1) is 0 Å². The van der Waals surface area contributed by atoms with E-state index >= 15 is 0 Å². The van der Waals surface area contributed by atoms with E-state index in [1.165, 1.54) is 16.3 Å². The number of hydrogen-bond donors (Lipinski definition) is 2. The van der Waals surface area contributed by atoms with Gasteiger partial charge in [-0.3, -0.25) is 4.99 Å². The second kappa shape index (κ2) is 9.47. The summed E-state index contributed by atoms with van der Waals surface area (Å²) >= 11 is 1.93. The average Bonchev–Trinajstić information content (AvgIpc) is 2.72. The minimum atomic E-state index is 0.175. The molecular formula is C22H31N3OS. The van der Waals surface area contributed by atoms with Crippen LogP contribution in [0.2, 0.25) is 0 Å². The van der Waals surface area contributed by atoms with Crippen molar-refractivity contribution in [2.24, 2.45) is 4.99 Å². The smallest absolute Gasteiger partial charge is 0.191 e. The third kappa shape index (κ3) is 4.96. The molecule has 1 aliphatic rings. The Bertz CT molecular complexity index is 766. The summed E-state index contributed by atoms with van der Waals surface area (Å²) in [7, 11) is 0. The van der Waals surface area contributed by atoms with Gasteiger partial charge < -0.3 is 15.4 Å². The van der Waals surface area contributed by atoms with Crippen molar-refractivity contribution in [3.8, 4) is 0 Å². The van der Waals surface area contributed by atoms with Crippen LogP contribution in [0.4, 0.5) is 0 Å². The molecule has 1 unspecified atom stereocenters. The van der Waals surface area contributed by atoms with Gasteiger partial charge in [-0.25, -0.2) is 0 Å². The summed E-state index contributed by atoms with van der Waals surface area (Å²) in [6, 6.07) is 15.2. The highest BCUT2D eigenvalue weighted by atomic mass is 32.2. The van der Waals surface area contributed by atoms with Crippen molar-refractivity contribution in [1.29, 1.82) is 0 Å². The highest BCUT2D eigenvalue weighted by Crippen LogP contribution is 2.34. The van der Waals surface area contributed by atoms with Crippen LogP contribution in [0.3, 0.4) is 0 Å². The molecule has 27 heavy (non-hydrogen) atoms. The number of rotatable bonds is 6. The number of thioether (sulfide) groups is 1. The van der Waals surface area contributed by atoms with Crippen molar-refractivity contribution in [1.82, 2.24) is 10.6 Å². The van der Waals surface area contributed by atoms with Crippen LogP contribution in [0.5, 0.6) is 0 Å². The molecule has 5 heteroatoms. The molecule has 0 radical (unpaired) electrons. The number of hydrogen-bond acceptors (Lipinski definition) is 3. The molecule has 4 nitrogen and oxygen atoms in total.